The molecule has 2 unspecified atom stereocenters. The first kappa shape index (κ1) is 14.9. The number of methoxy groups -OCH3 is 1. The quantitative estimate of drug-likeness (QED) is 0.737. The topological polar surface area (TPSA) is 21.3 Å². The highest BCUT2D eigenvalue weighted by Gasteiger charge is 2.21. The Kier molecular flexibility index (Phi) is 6.21. The van der Waals surface area contributed by atoms with Gasteiger partial charge in [-0.15, -0.1) is 11.8 Å². The first-order valence-corrected chi connectivity index (χ1v) is 8.11. The third-order valence-electron chi connectivity index (χ3n) is 3.67. The molecule has 2 rings (SSSR count). The van der Waals surface area contributed by atoms with Crippen molar-refractivity contribution in [2.45, 2.75) is 36.3 Å². The van der Waals surface area contributed by atoms with E-state index in [0.29, 0.717) is 0 Å². The average molecular weight is 279 g/mol. The fourth-order valence-electron chi connectivity index (χ4n) is 2.51. The van der Waals surface area contributed by atoms with Gasteiger partial charge in [0, 0.05) is 23.8 Å². The zero-order chi connectivity index (χ0) is 13.5. The van der Waals surface area contributed by atoms with E-state index in [4.69, 9.17) is 4.74 Å². The van der Waals surface area contributed by atoms with E-state index in [1.165, 1.54) is 24.2 Å². The van der Waals surface area contributed by atoms with E-state index < -0.39 is 0 Å². The molecule has 0 saturated heterocycles. The summed E-state index contributed by atoms with van der Waals surface area (Å²) in [5.74, 6) is 0.751. The van der Waals surface area contributed by atoms with Crippen LogP contribution in [0.5, 0.6) is 0 Å². The van der Waals surface area contributed by atoms with Crippen LogP contribution in [-0.2, 0) is 11.2 Å². The van der Waals surface area contributed by atoms with Crippen molar-refractivity contribution in [2.24, 2.45) is 5.92 Å². The van der Waals surface area contributed by atoms with Crippen molar-refractivity contribution >= 4 is 11.8 Å². The first-order chi connectivity index (χ1) is 9.29. The molecule has 0 spiro atoms. The van der Waals surface area contributed by atoms with Crippen LogP contribution < -0.4 is 5.32 Å². The second-order valence-corrected chi connectivity index (χ2v) is 6.77. The summed E-state index contributed by atoms with van der Waals surface area (Å²) in [6.45, 7) is 5.21. The lowest BCUT2D eigenvalue weighted by Crippen LogP contribution is -2.25. The molecule has 1 aromatic rings. The molecule has 0 fully saturated rings. The Morgan fingerprint density at radius 2 is 2.26 bits per heavy atom. The molecule has 1 aromatic carbocycles. The molecule has 0 saturated carbocycles. The number of fused-ring (bicyclic) bond motifs is 1. The summed E-state index contributed by atoms with van der Waals surface area (Å²) in [4.78, 5) is 1.50. The van der Waals surface area contributed by atoms with Crippen molar-refractivity contribution in [2.75, 3.05) is 26.8 Å². The van der Waals surface area contributed by atoms with Crippen molar-refractivity contribution in [3.63, 3.8) is 0 Å². The van der Waals surface area contributed by atoms with Gasteiger partial charge in [-0.05, 0) is 43.4 Å². The van der Waals surface area contributed by atoms with Gasteiger partial charge in [-0.1, -0.05) is 25.1 Å². The van der Waals surface area contributed by atoms with E-state index in [-0.39, 0.29) is 0 Å². The van der Waals surface area contributed by atoms with Gasteiger partial charge in [0.2, 0.25) is 0 Å². The van der Waals surface area contributed by atoms with Crippen molar-refractivity contribution in [3.8, 4) is 0 Å². The lowest BCUT2D eigenvalue weighted by Gasteiger charge is -2.15. The molecule has 3 heteroatoms. The predicted molar refractivity (Wildman–Crippen MR) is 82.9 cm³/mol. The van der Waals surface area contributed by atoms with E-state index in [2.05, 4.69) is 48.3 Å². The van der Waals surface area contributed by atoms with E-state index in [1.807, 2.05) is 0 Å². The Labute approximate surface area is 121 Å². The molecule has 2 nitrogen and oxygen atoms in total. The zero-order valence-electron chi connectivity index (χ0n) is 12.0. The normalized spacial score (nSPS) is 19.4. The van der Waals surface area contributed by atoms with Crippen molar-refractivity contribution < 1.29 is 4.74 Å². The number of hydrogen-bond donors (Lipinski definition) is 1. The summed E-state index contributed by atoms with van der Waals surface area (Å²) < 4.78 is 5.03. The number of rotatable bonds is 8. The Balaban J connectivity index is 1.62. The molecule has 0 radical (unpaired) electrons. The van der Waals surface area contributed by atoms with Gasteiger partial charge in [-0.25, -0.2) is 0 Å². The number of thioether (sulfide) groups is 1. The molecule has 1 aliphatic rings. The second kappa shape index (κ2) is 7.93. The summed E-state index contributed by atoms with van der Waals surface area (Å²) in [7, 11) is 1.75. The van der Waals surface area contributed by atoms with Gasteiger partial charge in [0.1, 0.15) is 0 Å². The SMILES string of the molecule is COCCNCC(C)CCC1Cc2ccccc2S1. The van der Waals surface area contributed by atoms with Crippen LogP contribution in [0.4, 0.5) is 0 Å². The summed E-state index contributed by atoms with van der Waals surface area (Å²) in [6.07, 6.45) is 3.89. The molecule has 19 heavy (non-hydrogen) atoms. The van der Waals surface area contributed by atoms with Gasteiger partial charge in [-0.3, -0.25) is 0 Å². The predicted octanol–water partition coefficient (Wildman–Crippen LogP) is 3.36. The van der Waals surface area contributed by atoms with E-state index in [1.54, 1.807) is 12.7 Å². The number of benzene rings is 1. The highest BCUT2D eigenvalue weighted by molar-refractivity contribution is 8.00. The summed E-state index contributed by atoms with van der Waals surface area (Å²) in [5.41, 5.74) is 1.54. The van der Waals surface area contributed by atoms with E-state index in [0.717, 1.165) is 30.9 Å². The Hall–Kier alpha value is -0.510. The largest absolute Gasteiger partial charge is 0.383 e. The molecule has 1 aliphatic heterocycles. The van der Waals surface area contributed by atoms with Gasteiger partial charge in [0.05, 0.1) is 6.61 Å². The maximum absolute atomic E-state index is 5.03. The number of nitrogens with one attached hydrogen (secondary N) is 1. The molecule has 1 N–H and O–H groups in total. The minimum Gasteiger partial charge on any atom is -0.383 e. The zero-order valence-corrected chi connectivity index (χ0v) is 12.8. The first-order valence-electron chi connectivity index (χ1n) is 7.24. The minimum absolute atomic E-state index is 0.751. The fourth-order valence-corrected chi connectivity index (χ4v) is 3.85. The molecule has 0 bridgehead atoms. The van der Waals surface area contributed by atoms with Gasteiger partial charge < -0.3 is 10.1 Å². The van der Waals surface area contributed by atoms with Crippen molar-refractivity contribution in [1.82, 2.24) is 5.32 Å². The van der Waals surface area contributed by atoms with Crippen molar-refractivity contribution in [3.05, 3.63) is 29.8 Å². The van der Waals surface area contributed by atoms with Crippen LogP contribution in [0.2, 0.25) is 0 Å². The van der Waals surface area contributed by atoms with Crippen molar-refractivity contribution in [1.29, 1.82) is 0 Å². The fraction of sp³-hybridized carbons (Fsp3) is 0.625. The standard InChI is InChI=1S/C16H25NOS/c1-13(12-17-9-10-18-2)7-8-15-11-14-5-3-4-6-16(14)19-15/h3-6,13,15,17H,7-12H2,1-2H3. The van der Waals surface area contributed by atoms with Gasteiger partial charge in [0.25, 0.3) is 0 Å². The smallest absolute Gasteiger partial charge is 0.0587 e. The van der Waals surface area contributed by atoms with Crippen LogP contribution in [0.1, 0.15) is 25.3 Å². The molecule has 0 aliphatic carbocycles. The van der Waals surface area contributed by atoms with E-state index in [9.17, 15) is 0 Å². The van der Waals surface area contributed by atoms with Crippen LogP contribution in [0.3, 0.4) is 0 Å². The average Bonchev–Trinajstić information content (AvgIpc) is 2.84. The second-order valence-electron chi connectivity index (χ2n) is 5.43. The maximum Gasteiger partial charge on any atom is 0.0587 e. The molecule has 1 heterocycles. The molecule has 106 valence electrons. The monoisotopic (exact) mass is 279 g/mol. The summed E-state index contributed by atoms with van der Waals surface area (Å²) in [6, 6.07) is 8.84. The Morgan fingerprint density at radius 1 is 1.42 bits per heavy atom. The van der Waals surface area contributed by atoms with Gasteiger partial charge in [0.15, 0.2) is 0 Å². The Bertz CT molecular complexity index is 358. The lowest BCUT2D eigenvalue weighted by molar-refractivity contribution is 0.198. The van der Waals surface area contributed by atoms with Crippen LogP contribution in [0, 0.1) is 5.92 Å². The summed E-state index contributed by atoms with van der Waals surface area (Å²) in [5, 5.41) is 4.24. The molecule has 0 aromatic heterocycles. The van der Waals surface area contributed by atoms with Crippen LogP contribution in [-0.4, -0.2) is 32.1 Å². The van der Waals surface area contributed by atoms with Crippen LogP contribution in [0.15, 0.2) is 29.2 Å². The van der Waals surface area contributed by atoms with Gasteiger partial charge >= 0.3 is 0 Å². The van der Waals surface area contributed by atoms with Crippen LogP contribution >= 0.6 is 11.8 Å². The molecular formula is C16H25NOS. The summed E-state index contributed by atoms with van der Waals surface area (Å²) >= 11 is 2.07. The number of ether oxygens (including phenoxy) is 1. The van der Waals surface area contributed by atoms with Gasteiger partial charge in [-0.2, -0.15) is 0 Å². The van der Waals surface area contributed by atoms with Crippen LogP contribution in [0.25, 0.3) is 0 Å². The molecule has 0 amide bonds. The highest BCUT2D eigenvalue weighted by atomic mass is 32.2. The lowest BCUT2D eigenvalue weighted by atomic mass is 10.0. The number of hydrogen-bond acceptors (Lipinski definition) is 3. The Morgan fingerprint density at radius 3 is 3.05 bits per heavy atom. The third-order valence-corrected chi connectivity index (χ3v) is 5.06. The molecule has 2 atom stereocenters. The van der Waals surface area contributed by atoms with E-state index >= 15 is 0 Å². The molecular weight excluding hydrogens is 254 g/mol. The highest BCUT2D eigenvalue weighted by Crippen LogP contribution is 2.39. The third kappa shape index (κ3) is 4.83. The maximum atomic E-state index is 5.03. The minimum atomic E-state index is 0.751.